The van der Waals surface area contributed by atoms with Crippen LogP contribution in [0, 0.1) is 6.92 Å². The molecule has 0 aromatic carbocycles. The topological polar surface area (TPSA) is 72.0 Å². The summed E-state index contributed by atoms with van der Waals surface area (Å²) < 4.78 is 5.58. The minimum Gasteiger partial charge on any atom is -0.378 e. The first-order valence-corrected chi connectivity index (χ1v) is 16.9. The number of allylic oxidation sites excluding steroid dienone is 6. The molecule has 43 heavy (non-hydrogen) atoms. The molecule has 0 aliphatic carbocycles. The monoisotopic (exact) mass is 614 g/mol. The number of aryl methyl sites for hydroxylation is 1. The highest BCUT2D eigenvalue weighted by atomic mass is 32.1. The zero-order valence-corrected chi connectivity index (χ0v) is 30.2. The normalized spacial score (nSPS) is 10.8. The third-order valence-corrected chi connectivity index (χ3v) is 6.59. The Kier molecular flexibility index (Phi) is 31.8. The summed E-state index contributed by atoms with van der Waals surface area (Å²) in [5, 5.41) is 2.98. The summed E-state index contributed by atoms with van der Waals surface area (Å²) in [5.74, 6) is 0.0797. The molecule has 0 saturated heterocycles. The number of ether oxygens (including phenoxy) is 1. The molecule has 1 N–H and O–H groups in total. The van der Waals surface area contributed by atoms with Crippen LogP contribution < -0.4 is 0 Å². The van der Waals surface area contributed by atoms with Crippen LogP contribution in [0.5, 0.6) is 0 Å². The first-order valence-electron chi connectivity index (χ1n) is 16.0. The maximum absolute atomic E-state index is 11.7. The molecular formula is C37H62N2O3S. The van der Waals surface area contributed by atoms with Crippen LogP contribution in [0.2, 0.25) is 0 Å². The number of carbonyl (C=O) groups excluding carboxylic acids is 2. The van der Waals surface area contributed by atoms with Gasteiger partial charge >= 0.3 is 0 Å². The summed E-state index contributed by atoms with van der Waals surface area (Å²) in [6, 6.07) is 0. The van der Waals surface area contributed by atoms with Gasteiger partial charge in [0, 0.05) is 40.6 Å². The zero-order chi connectivity index (χ0) is 33.6. The van der Waals surface area contributed by atoms with Crippen molar-refractivity contribution in [2.75, 3.05) is 6.61 Å². The number of rotatable bonds is 13. The van der Waals surface area contributed by atoms with Gasteiger partial charge in [-0.15, -0.1) is 11.3 Å². The van der Waals surface area contributed by atoms with Crippen molar-refractivity contribution < 1.29 is 14.3 Å². The third kappa shape index (κ3) is 20.7. The van der Waals surface area contributed by atoms with E-state index in [0.717, 1.165) is 70.8 Å². The molecule has 0 atom stereocenters. The van der Waals surface area contributed by atoms with Gasteiger partial charge in [-0.3, -0.25) is 4.79 Å². The number of aromatic nitrogens is 2. The molecule has 5 nitrogen and oxygen atoms in total. The Morgan fingerprint density at radius 1 is 1.12 bits per heavy atom. The number of ketones is 1. The van der Waals surface area contributed by atoms with Crippen molar-refractivity contribution in [2.24, 2.45) is 0 Å². The van der Waals surface area contributed by atoms with E-state index < -0.39 is 0 Å². The van der Waals surface area contributed by atoms with Gasteiger partial charge in [-0.1, -0.05) is 99.1 Å². The summed E-state index contributed by atoms with van der Waals surface area (Å²) in [6.45, 7) is 28.6. The molecule has 2 rings (SSSR count). The van der Waals surface area contributed by atoms with E-state index in [1.165, 1.54) is 26.2 Å². The second-order valence-electron chi connectivity index (χ2n) is 9.43. The smallest absolute Gasteiger partial charge is 0.159 e. The third-order valence-electron chi connectivity index (χ3n) is 5.61. The van der Waals surface area contributed by atoms with Gasteiger partial charge in [-0.25, -0.2) is 4.98 Å². The standard InChI is InChI=1S/C21H24N2OS.C9H20O.C3H8.C2H4O.C2H6/c1-6-8-10-18-15(4)22-12-19(18)20-13-25-21(23-20)14(3)11-17(9-7-2)16(5)24;1-4-7-8-10-9(5-2)6-3;1-3-2;1-2-3;1-2/h6,8-13,22H,1,7H2,2-5H3;9H,4-8H2,1-3H3;3H2,1-2H3;2H,1H3;1-2H3/b10-8-,14-11+,17-9+;;;;. The molecule has 2 heterocycles. The molecule has 2 aromatic rings. The number of hydrogen-bond acceptors (Lipinski definition) is 5. The lowest BCUT2D eigenvalue weighted by Gasteiger charge is -2.12. The molecular weight excluding hydrogens is 552 g/mol. The number of thiazole rings is 1. The quantitative estimate of drug-likeness (QED) is 0.105. The number of nitrogens with one attached hydrogen (secondary N) is 1. The average molecular weight is 615 g/mol. The largest absolute Gasteiger partial charge is 0.378 e. The molecule has 0 radical (unpaired) electrons. The first-order chi connectivity index (χ1) is 20.6. The Morgan fingerprint density at radius 3 is 2.16 bits per heavy atom. The number of aromatic amines is 1. The molecule has 6 heteroatoms. The minimum absolute atomic E-state index is 0.0797. The van der Waals surface area contributed by atoms with Crippen LogP contribution in [-0.4, -0.2) is 34.7 Å². The molecule has 0 spiro atoms. The van der Waals surface area contributed by atoms with Crippen molar-refractivity contribution in [1.82, 2.24) is 9.97 Å². The highest BCUT2D eigenvalue weighted by Crippen LogP contribution is 2.31. The number of Topliss-reactive ketones (excluding diaryl/α,β-unsaturated/α-hetero) is 1. The molecule has 0 bridgehead atoms. The van der Waals surface area contributed by atoms with Gasteiger partial charge in [0.15, 0.2) is 5.78 Å². The summed E-state index contributed by atoms with van der Waals surface area (Å²) >= 11 is 1.59. The Balaban J connectivity index is -0.000000737. The predicted octanol–water partition coefficient (Wildman–Crippen LogP) is 11.6. The Labute approximate surface area is 268 Å². The van der Waals surface area contributed by atoms with E-state index >= 15 is 0 Å². The van der Waals surface area contributed by atoms with E-state index in [1.807, 2.05) is 65.1 Å². The van der Waals surface area contributed by atoms with Gasteiger partial charge in [0.2, 0.25) is 0 Å². The SMILES string of the molecule is C=C/C=C\c1c(-c2csc(/C(C)=C/C(=C\CC)C(C)=O)n2)c[nH]c1C.CC.CC=O.CCC.CCCCOC(CC)CC. The van der Waals surface area contributed by atoms with Gasteiger partial charge < -0.3 is 14.5 Å². The van der Waals surface area contributed by atoms with Crippen LogP contribution in [0.3, 0.4) is 0 Å². The lowest BCUT2D eigenvalue weighted by atomic mass is 10.1. The maximum atomic E-state index is 11.7. The van der Waals surface area contributed by atoms with Crippen LogP contribution in [-0.2, 0) is 14.3 Å². The summed E-state index contributed by atoms with van der Waals surface area (Å²) in [5.41, 5.74) is 5.96. The fraction of sp³-hybridized carbons (Fsp3) is 0.541. The van der Waals surface area contributed by atoms with Crippen molar-refractivity contribution >= 4 is 35.1 Å². The van der Waals surface area contributed by atoms with E-state index in [2.05, 4.69) is 51.6 Å². The van der Waals surface area contributed by atoms with Crippen LogP contribution in [0.15, 0.2) is 48.0 Å². The number of aldehydes is 1. The maximum Gasteiger partial charge on any atom is 0.159 e. The molecule has 0 fully saturated rings. The van der Waals surface area contributed by atoms with E-state index in [9.17, 15) is 4.79 Å². The summed E-state index contributed by atoms with van der Waals surface area (Å²) in [6.07, 6.45) is 19.7. The van der Waals surface area contributed by atoms with Gasteiger partial charge in [0.05, 0.1) is 11.8 Å². The van der Waals surface area contributed by atoms with Crippen molar-refractivity contribution in [1.29, 1.82) is 0 Å². The second-order valence-corrected chi connectivity index (χ2v) is 10.3. The number of unbranched alkanes of at least 4 members (excludes halogenated alkanes) is 1. The van der Waals surface area contributed by atoms with E-state index in [0.29, 0.717) is 6.10 Å². The Bertz CT molecular complexity index is 1070. The molecule has 2 aromatic heterocycles. The Morgan fingerprint density at radius 2 is 1.70 bits per heavy atom. The highest BCUT2D eigenvalue weighted by molar-refractivity contribution is 7.11. The molecule has 244 valence electrons. The molecule has 0 saturated carbocycles. The zero-order valence-electron chi connectivity index (χ0n) is 29.4. The fourth-order valence-corrected chi connectivity index (χ4v) is 4.24. The van der Waals surface area contributed by atoms with Crippen molar-refractivity contribution in [3.8, 4) is 11.3 Å². The molecule has 0 amide bonds. The van der Waals surface area contributed by atoms with Gasteiger partial charge in [-0.05, 0) is 65.0 Å². The van der Waals surface area contributed by atoms with E-state index in [1.54, 1.807) is 24.3 Å². The summed E-state index contributed by atoms with van der Waals surface area (Å²) in [7, 11) is 0. The molecule has 0 aliphatic rings. The lowest BCUT2D eigenvalue weighted by Crippen LogP contribution is -2.10. The lowest BCUT2D eigenvalue weighted by molar-refractivity contribution is -0.113. The van der Waals surface area contributed by atoms with Crippen LogP contribution in [0.1, 0.15) is 131 Å². The van der Waals surface area contributed by atoms with Crippen molar-refractivity contribution in [2.45, 2.75) is 128 Å². The van der Waals surface area contributed by atoms with Crippen LogP contribution in [0.25, 0.3) is 22.9 Å². The second kappa shape index (κ2) is 30.6. The van der Waals surface area contributed by atoms with Gasteiger partial charge in [-0.2, -0.15) is 0 Å². The van der Waals surface area contributed by atoms with Crippen LogP contribution in [0.4, 0.5) is 0 Å². The number of H-pyrrole nitrogens is 1. The first kappa shape index (κ1) is 44.6. The molecule has 0 unspecified atom stereocenters. The van der Waals surface area contributed by atoms with Crippen LogP contribution >= 0.6 is 11.3 Å². The van der Waals surface area contributed by atoms with Crippen molar-refractivity contribution in [3.05, 3.63) is 64.3 Å². The highest BCUT2D eigenvalue weighted by Gasteiger charge is 2.13. The van der Waals surface area contributed by atoms with Gasteiger partial charge in [0.25, 0.3) is 0 Å². The number of hydrogen-bond donors (Lipinski definition) is 1. The fourth-order valence-electron chi connectivity index (χ4n) is 3.45. The predicted molar refractivity (Wildman–Crippen MR) is 193 cm³/mol. The molecule has 0 aliphatic heterocycles. The number of carbonyl (C=O) groups is 2. The average Bonchev–Trinajstić information content (AvgIpc) is 3.63. The van der Waals surface area contributed by atoms with E-state index in [4.69, 9.17) is 14.5 Å². The minimum atomic E-state index is 0.0797. The van der Waals surface area contributed by atoms with Gasteiger partial charge in [0.1, 0.15) is 11.3 Å². The van der Waals surface area contributed by atoms with Crippen molar-refractivity contribution in [3.63, 3.8) is 0 Å². The Hall–Kier alpha value is -2.83. The van der Waals surface area contributed by atoms with E-state index in [-0.39, 0.29) is 5.78 Å². The summed E-state index contributed by atoms with van der Waals surface area (Å²) in [4.78, 5) is 28.6. The number of nitrogens with zero attached hydrogens (tertiary/aromatic N) is 1.